The van der Waals surface area contributed by atoms with Gasteiger partial charge in [0, 0.05) is 57.6 Å². The maximum Gasteiger partial charge on any atom is 0.471 e. The van der Waals surface area contributed by atoms with Gasteiger partial charge in [-0.25, -0.2) is 9.59 Å². The second kappa shape index (κ2) is 7.88. The number of cyclic esters (lactones) is 2. The summed E-state index contributed by atoms with van der Waals surface area (Å²) in [6.45, 7) is 3.39. The molecule has 2 heterocycles. The summed E-state index contributed by atoms with van der Waals surface area (Å²) in [6.07, 6.45) is -3.67. The van der Waals surface area contributed by atoms with Crippen LogP contribution in [-0.2, 0) is 23.9 Å². The number of benzene rings is 1. The number of ether oxygens (including phenoxy) is 2. The summed E-state index contributed by atoms with van der Waals surface area (Å²) in [5.74, 6) is -4.74. The normalized spacial score (nSPS) is 19.2. The number of alkyl halides is 3. The maximum atomic E-state index is 12.5. The molecule has 0 spiro atoms. The van der Waals surface area contributed by atoms with Crippen molar-refractivity contribution in [2.75, 3.05) is 36.4 Å². The highest BCUT2D eigenvalue weighted by atomic mass is 19.4. The zero-order valence-electron chi connectivity index (χ0n) is 16.3. The predicted octanol–water partition coefficient (Wildman–Crippen LogP) is 2.03. The minimum atomic E-state index is -4.86. The van der Waals surface area contributed by atoms with E-state index in [4.69, 9.17) is 9.47 Å². The van der Waals surface area contributed by atoms with Crippen LogP contribution < -0.4 is 10.2 Å². The molecule has 3 rings (SSSR count). The lowest BCUT2D eigenvalue weighted by Crippen LogP contribution is -2.52. The Kier molecular flexibility index (Phi) is 5.64. The Hall–Kier alpha value is -3.24. The molecule has 8 nitrogen and oxygen atoms in total. The van der Waals surface area contributed by atoms with Gasteiger partial charge in [0.25, 0.3) is 5.79 Å². The molecule has 2 fully saturated rings. The van der Waals surface area contributed by atoms with E-state index in [1.165, 1.54) is 20.0 Å². The number of piperazine rings is 1. The second-order valence-electron chi connectivity index (χ2n) is 7.21. The molecule has 1 N–H and O–H groups in total. The minimum Gasteiger partial charge on any atom is -0.419 e. The summed E-state index contributed by atoms with van der Waals surface area (Å²) in [7, 11) is 0. The van der Waals surface area contributed by atoms with Crippen LogP contribution in [0.1, 0.15) is 13.8 Å². The van der Waals surface area contributed by atoms with Crippen molar-refractivity contribution < 1.29 is 37.0 Å². The number of anilines is 2. The highest BCUT2D eigenvalue weighted by molar-refractivity contribution is 6.15. The molecule has 0 radical (unpaired) electrons. The van der Waals surface area contributed by atoms with Crippen molar-refractivity contribution in [3.05, 3.63) is 36.0 Å². The number of nitrogens with zero attached hydrogens (tertiary/aromatic N) is 2. The van der Waals surface area contributed by atoms with Crippen LogP contribution in [0, 0.1) is 0 Å². The van der Waals surface area contributed by atoms with Crippen LogP contribution in [0.2, 0.25) is 0 Å². The van der Waals surface area contributed by atoms with Crippen LogP contribution in [0.25, 0.3) is 0 Å². The number of halogens is 3. The van der Waals surface area contributed by atoms with Gasteiger partial charge in [-0.05, 0) is 24.3 Å². The van der Waals surface area contributed by atoms with Crippen molar-refractivity contribution in [3.8, 4) is 0 Å². The van der Waals surface area contributed by atoms with Crippen molar-refractivity contribution >= 4 is 29.2 Å². The molecule has 2 aliphatic rings. The monoisotopic (exact) mass is 427 g/mol. The summed E-state index contributed by atoms with van der Waals surface area (Å²) < 4.78 is 47.5. The number of hydrogen-bond acceptors (Lipinski definition) is 7. The van der Waals surface area contributed by atoms with E-state index in [0.29, 0.717) is 5.69 Å². The molecule has 2 saturated heterocycles. The summed E-state index contributed by atoms with van der Waals surface area (Å²) in [5.41, 5.74) is 1.07. The molecule has 0 unspecified atom stereocenters. The summed E-state index contributed by atoms with van der Waals surface area (Å²) in [4.78, 5) is 37.8. The Morgan fingerprint density at radius 3 is 2.07 bits per heavy atom. The molecule has 0 atom stereocenters. The Labute approximate surface area is 170 Å². The fourth-order valence-corrected chi connectivity index (χ4v) is 3.05. The second-order valence-corrected chi connectivity index (χ2v) is 7.21. The first-order chi connectivity index (χ1) is 14.0. The van der Waals surface area contributed by atoms with Crippen LogP contribution in [0.4, 0.5) is 24.5 Å². The number of hydrogen-bond donors (Lipinski definition) is 1. The fourth-order valence-electron chi connectivity index (χ4n) is 3.05. The van der Waals surface area contributed by atoms with Crippen LogP contribution in [0.3, 0.4) is 0 Å². The van der Waals surface area contributed by atoms with Crippen molar-refractivity contribution in [1.82, 2.24) is 4.90 Å². The number of rotatable bonds is 3. The quantitative estimate of drug-likeness (QED) is 0.449. The van der Waals surface area contributed by atoms with E-state index in [0.717, 1.165) is 10.6 Å². The first-order valence-corrected chi connectivity index (χ1v) is 9.11. The van der Waals surface area contributed by atoms with Gasteiger partial charge in [-0.2, -0.15) is 13.2 Å². The number of amides is 1. The molecular formula is C19H20F3N3O5. The maximum absolute atomic E-state index is 12.5. The lowest BCUT2D eigenvalue weighted by atomic mass is 10.2. The fraction of sp³-hybridized carbons (Fsp3) is 0.421. The van der Waals surface area contributed by atoms with Crippen LogP contribution in [-0.4, -0.2) is 60.9 Å². The highest BCUT2D eigenvalue weighted by Crippen LogP contribution is 2.25. The lowest BCUT2D eigenvalue weighted by Gasteiger charge is -2.36. The van der Waals surface area contributed by atoms with Crippen molar-refractivity contribution in [1.29, 1.82) is 0 Å². The standard InChI is InChI=1S/C19H20F3N3O5/c1-18(2)29-15(26)14(16(27)30-18)11-23-12-3-5-13(6-4-12)24-7-9-25(10-8-24)17(28)19(20,21)22/h3-6,11,23H,7-10H2,1-2H3. The van der Waals surface area contributed by atoms with E-state index in [1.807, 2.05) is 4.90 Å². The van der Waals surface area contributed by atoms with E-state index in [1.54, 1.807) is 24.3 Å². The van der Waals surface area contributed by atoms with Gasteiger partial charge in [0.1, 0.15) is 0 Å². The smallest absolute Gasteiger partial charge is 0.419 e. The molecule has 11 heteroatoms. The highest BCUT2D eigenvalue weighted by Gasteiger charge is 2.43. The van der Waals surface area contributed by atoms with E-state index in [9.17, 15) is 27.6 Å². The average Bonchev–Trinajstić information content (AvgIpc) is 2.66. The van der Waals surface area contributed by atoms with Gasteiger partial charge in [0.15, 0.2) is 5.57 Å². The molecule has 2 aliphatic heterocycles. The lowest BCUT2D eigenvalue weighted by molar-refractivity contribution is -0.222. The van der Waals surface area contributed by atoms with Gasteiger partial charge in [-0.3, -0.25) is 4.79 Å². The number of carbonyl (C=O) groups is 3. The number of nitrogens with one attached hydrogen (secondary N) is 1. The van der Waals surface area contributed by atoms with E-state index < -0.39 is 29.8 Å². The first kappa shape index (κ1) is 21.5. The van der Waals surface area contributed by atoms with E-state index in [2.05, 4.69) is 5.32 Å². The molecule has 162 valence electrons. The first-order valence-electron chi connectivity index (χ1n) is 9.11. The third-order valence-corrected chi connectivity index (χ3v) is 4.54. The van der Waals surface area contributed by atoms with Crippen LogP contribution in [0.5, 0.6) is 0 Å². The van der Waals surface area contributed by atoms with E-state index >= 15 is 0 Å². The zero-order valence-corrected chi connectivity index (χ0v) is 16.3. The number of carbonyl (C=O) groups excluding carboxylic acids is 3. The molecule has 1 aromatic carbocycles. The van der Waals surface area contributed by atoms with Crippen LogP contribution >= 0.6 is 0 Å². The zero-order chi connectivity index (χ0) is 22.1. The van der Waals surface area contributed by atoms with Gasteiger partial charge in [-0.1, -0.05) is 0 Å². The average molecular weight is 427 g/mol. The third-order valence-electron chi connectivity index (χ3n) is 4.54. The molecule has 30 heavy (non-hydrogen) atoms. The van der Waals surface area contributed by atoms with Gasteiger partial charge < -0.3 is 24.6 Å². The largest absolute Gasteiger partial charge is 0.471 e. The van der Waals surface area contributed by atoms with Crippen molar-refractivity contribution in [2.24, 2.45) is 0 Å². The van der Waals surface area contributed by atoms with Gasteiger partial charge in [0.2, 0.25) is 0 Å². The molecule has 1 amide bonds. The Morgan fingerprint density at radius 2 is 1.57 bits per heavy atom. The molecular weight excluding hydrogens is 407 g/mol. The predicted molar refractivity (Wildman–Crippen MR) is 99.3 cm³/mol. The Balaban J connectivity index is 1.58. The SMILES string of the molecule is CC1(C)OC(=O)C(=CNc2ccc(N3CCN(C(=O)C(F)(F)F)CC3)cc2)C(=O)O1. The number of esters is 2. The van der Waals surface area contributed by atoms with Crippen molar-refractivity contribution in [3.63, 3.8) is 0 Å². The molecule has 0 aromatic heterocycles. The summed E-state index contributed by atoms with van der Waals surface area (Å²) in [6, 6.07) is 6.84. The van der Waals surface area contributed by atoms with Crippen LogP contribution in [0.15, 0.2) is 36.0 Å². The molecule has 0 aliphatic carbocycles. The van der Waals surface area contributed by atoms with Gasteiger partial charge >= 0.3 is 24.0 Å². The Morgan fingerprint density at radius 1 is 1.03 bits per heavy atom. The Bertz CT molecular complexity index is 850. The molecule has 0 saturated carbocycles. The van der Waals surface area contributed by atoms with Crippen molar-refractivity contribution in [2.45, 2.75) is 25.8 Å². The molecule has 1 aromatic rings. The summed E-state index contributed by atoms with van der Waals surface area (Å²) in [5, 5.41) is 2.81. The topological polar surface area (TPSA) is 88.2 Å². The summed E-state index contributed by atoms with van der Waals surface area (Å²) >= 11 is 0. The minimum absolute atomic E-state index is 0.0228. The van der Waals surface area contributed by atoms with Gasteiger partial charge in [0.05, 0.1) is 0 Å². The van der Waals surface area contributed by atoms with Gasteiger partial charge in [-0.15, -0.1) is 0 Å². The van der Waals surface area contributed by atoms with E-state index in [-0.39, 0.29) is 31.8 Å². The molecule has 0 bridgehead atoms. The third kappa shape index (κ3) is 4.84.